The van der Waals surface area contributed by atoms with E-state index in [2.05, 4.69) is 0 Å². The zero-order valence-corrected chi connectivity index (χ0v) is 9.10. The third-order valence-corrected chi connectivity index (χ3v) is 4.72. The van der Waals surface area contributed by atoms with Crippen LogP contribution in [0.2, 0.25) is 0 Å². The van der Waals surface area contributed by atoms with Gasteiger partial charge in [-0.1, -0.05) is 0 Å². The topological polar surface area (TPSA) is 60.2 Å². The van der Waals surface area contributed by atoms with Gasteiger partial charge in [-0.2, -0.15) is 0 Å². The summed E-state index contributed by atoms with van der Waals surface area (Å²) in [6.45, 7) is 0.111. The lowest BCUT2D eigenvalue weighted by molar-refractivity contribution is 0.233. The molecule has 1 heterocycles. The molecule has 1 fully saturated rings. The second kappa shape index (κ2) is 5.07. The largest absolute Gasteiger partial charge is 0.330 e. The van der Waals surface area contributed by atoms with Gasteiger partial charge in [0.25, 0.3) is 0 Å². The molecule has 3 nitrogen and oxygen atoms in total. The molecule has 1 aliphatic heterocycles. The monoisotopic (exact) mass is 223 g/mol. The molecule has 1 aliphatic rings. The minimum atomic E-state index is -2.83. The molecule has 0 bridgehead atoms. The van der Waals surface area contributed by atoms with Crippen LogP contribution in [0.15, 0.2) is 0 Å². The van der Waals surface area contributed by atoms with Crippen molar-refractivity contribution in [2.24, 2.45) is 17.6 Å². The predicted octanol–water partition coefficient (Wildman–Crippen LogP) is 0.746. The molecular formula is C9H18FNO2S. The standard InChI is InChI=1S/C9H18FNO2S/c10-7-9(1-4-11)8-2-5-14(12,13)6-3-8/h8-9H,1-7,11H2. The van der Waals surface area contributed by atoms with Crippen LogP contribution in [0, 0.1) is 11.8 Å². The Bertz CT molecular complexity index is 252. The highest BCUT2D eigenvalue weighted by atomic mass is 32.2. The average molecular weight is 223 g/mol. The number of rotatable bonds is 4. The lowest BCUT2D eigenvalue weighted by Gasteiger charge is -2.28. The maximum Gasteiger partial charge on any atom is 0.150 e. The Labute approximate surface area is 84.8 Å². The van der Waals surface area contributed by atoms with Gasteiger partial charge in [-0.15, -0.1) is 0 Å². The van der Waals surface area contributed by atoms with E-state index < -0.39 is 9.84 Å². The number of nitrogens with two attached hydrogens (primary N) is 1. The first-order chi connectivity index (χ1) is 6.59. The summed E-state index contributed by atoms with van der Waals surface area (Å²) < 4.78 is 34.9. The second-order valence-corrected chi connectivity index (χ2v) is 6.28. The summed E-state index contributed by atoms with van der Waals surface area (Å²) in [5, 5.41) is 0. The van der Waals surface area contributed by atoms with Gasteiger partial charge in [-0.05, 0) is 37.6 Å². The quantitative estimate of drug-likeness (QED) is 0.765. The van der Waals surface area contributed by atoms with E-state index in [-0.39, 0.29) is 30.0 Å². The molecule has 1 atom stereocenters. The summed E-state index contributed by atoms with van der Waals surface area (Å²) in [5.74, 6) is 0.625. The van der Waals surface area contributed by atoms with E-state index in [0.29, 0.717) is 25.8 Å². The molecule has 0 radical (unpaired) electrons. The van der Waals surface area contributed by atoms with Crippen LogP contribution in [0.1, 0.15) is 19.3 Å². The molecule has 1 rings (SSSR count). The predicted molar refractivity (Wildman–Crippen MR) is 54.5 cm³/mol. The van der Waals surface area contributed by atoms with Crippen LogP contribution in [0.3, 0.4) is 0 Å². The Morgan fingerprint density at radius 2 is 1.93 bits per heavy atom. The molecule has 14 heavy (non-hydrogen) atoms. The summed E-state index contributed by atoms with van der Waals surface area (Å²) in [4.78, 5) is 0. The summed E-state index contributed by atoms with van der Waals surface area (Å²) in [5.41, 5.74) is 5.38. The van der Waals surface area contributed by atoms with Crippen LogP contribution in [0.25, 0.3) is 0 Å². The highest BCUT2D eigenvalue weighted by Gasteiger charge is 2.28. The number of alkyl halides is 1. The van der Waals surface area contributed by atoms with Crippen LogP contribution >= 0.6 is 0 Å². The molecule has 1 saturated heterocycles. The normalized spacial score (nSPS) is 24.7. The van der Waals surface area contributed by atoms with E-state index in [1.165, 1.54) is 0 Å². The maximum atomic E-state index is 12.6. The first kappa shape index (κ1) is 11.9. The summed E-state index contributed by atoms with van der Waals surface area (Å²) >= 11 is 0. The van der Waals surface area contributed by atoms with Gasteiger partial charge in [0.2, 0.25) is 0 Å². The van der Waals surface area contributed by atoms with Gasteiger partial charge >= 0.3 is 0 Å². The Morgan fingerprint density at radius 1 is 1.36 bits per heavy atom. The molecule has 0 amide bonds. The van der Waals surface area contributed by atoms with Crippen LogP contribution in [-0.2, 0) is 9.84 Å². The van der Waals surface area contributed by atoms with Crippen LogP contribution in [0.4, 0.5) is 4.39 Å². The molecule has 0 aliphatic carbocycles. The second-order valence-electron chi connectivity index (χ2n) is 3.98. The molecule has 1 unspecified atom stereocenters. The Morgan fingerprint density at radius 3 is 2.36 bits per heavy atom. The first-order valence-corrected chi connectivity index (χ1v) is 6.87. The molecule has 84 valence electrons. The fourth-order valence-corrected chi connectivity index (χ4v) is 3.56. The van der Waals surface area contributed by atoms with Gasteiger partial charge in [-0.3, -0.25) is 4.39 Å². The molecule has 0 aromatic heterocycles. The molecule has 0 spiro atoms. The van der Waals surface area contributed by atoms with Gasteiger partial charge in [0.05, 0.1) is 18.2 Å². The maximum absolute atomic E-state index is 12.6. The highest BCUT2D eigenvalue weighted by Crippen LogP contribution is 2.28. The van der Waals surface area contributed by atoms with Crippen LogP contribution in [-0.4, -0.2) is 33.1 Å². The van der Waals surface area contributed by atoms with Crippen molar-refractivity contribution in [3.05, 3.63) is 0 Å². The van der Waals surface area contributed by atoms with Gasteiger partial charge in [0.1, 0.15) is 9.84 Å². The van der Waals surface area contributed by atoms with Gasteiger partial charge < -0.3 is 5.73 Å². The first-order valence-electron chi connectivity index (χ1n) is 5.05. The van der Waals surface area contributed by atoms with Crippen molar-refractivity contribution in [1.29, 1.82) is 0 Å². The zero-order chi connectivity index (χ0) is 10.6. The molecule has 0 aromatic carbocycles. The average Bonchev–Trinajstić information content (AvgIpc) is 2.15. The number of halogens is 1. The fraction of sp³-hybridized carbons (Fsp3) is 1.00. The van der Waals surface area contributed by atoms with Crippen molar-refractivity contribution < 1.29 is 12.8 Å². The molecular weight excluding hydrogens is 205 g/mol. The highest BCUT2D eigenvalue weighted by molar-refractivity contribution is 7.91. The van der Waals surface area contributed by atoms with Crippen molar-refractivity contribution >= 4 is 9.84 Å². The minimum absolute atomic E-state index is 0.0319. The smallest absolute Gasteiger partial charge is 0.150 e. The van der Waals surface area contributed by atoms with Crippen molar-refractivity contribution in [2.75, 3.05) is 24.7 Å². The van der Waals surface area contributed by atoms with E-state index >= 15 is 0 Å². The van der Waals surface area contributed by atoms with Crippen molar-refractivity contribution in [3.8, 4) is 0 Å². The Balaban J connectivity index is 2.47. The van der Waals surface area contributed by atoms with E-state index in [0.717, 1.165) is 0 Å². The van der Waals surface area contributed by atoms with E-state index in [1.807, 2.05) is 0 Å². The SMILES string of the molecule is NCCC(CF)C1CCS(=O)(=O)CC1. The van der Waals surface area contributed by atoms with Gasteiger partial charge in [0, 0.05) is 0 Å². The lowest BCUT2D eigenvalue weighted by Crippen LogP contribution is -2.30. The Kier molecular flexibility index (Phi) is 4.31. The number of hydrogen-bond donors (Lipinski definition) is 1. The third-order valence-electron chi connectivity index (χ3n) is 3.00. The summed E-state index contributed by atoms with van der Waals surface area (Å²) in [6, 6.07) is 0. The van der Waals surface area contributed by atoms with Crippen LogP contribution < -0.4 is 5.73 Å². The van der Waals surface area contributed by atoms with E-state index in [9.17, 15) is 12.8 Å². The van der Waals surface area contributed by atoms with Crippen molar-refractivity contribution in [2.45, 2.75) is 19.3 Å². The third kappa shape index (κ3) is 3.20. The molecule has 5 heteroatoms. The van der Waals surface area contributed by atoms with Gasteiger partial charge in [-0.25, -0.2) is 8.42 Å². The van der Waals surface area contributed by atoms with Crippen LogP contribution in [0.5, 0.6) is 0 Å². The van der Waals surface area contributed by atoms with Crippen molar-refractivity contribution in [3.63, 3.8) is 0 Å². The van der Waals surface area contributed by atoms with E-state index in [1.54, 1.807) is 0 Å². The molecule has 0 saturated carbocycles. The fourth-order valence-electron chi connectivity index (χ4n) is 2.03. The minimum Gasteiger partial charge on any atom is -0.330 e. The zero-order valence-electron chi connectivity index (χ0n) is 8.28. The Hall–Kier alpha value is -0.160. The summed E-state index contributed by atoms with van der Waals surface area (Å²) in [7, 11) is -2.83. The number of sulfone groups is 1. The lowest BCUT2D eigenvalue weighted by atomic mass is 9.86. The summed E-state index contributed by atoms with van der Waals surface area (Å²) in [6.07, 6.45) is 1.88. The molecule has 2 N–H and O–H groups in total. The van der Waals surface area contributed by atoms with Crippen molar-refractivity contribution in [1.82, 2.24) is 0 Å². The molecule has 0 aromatic rings. The number of hydrogen-bond acceptors (Lipinski definition) is 3. The van der Waals surface area contributed by atoms with E-state index in [4.69, 9.17) is 5.73 Å². The van der Waals surface area contributed by atoms with Gasteiger partial charge in [0.15, 0.2) is 0 Å².